The average Bonchev–Trinajstić information content (AvgIpc) is 2.14. The molecule has 0 radical (unpaired) electrons. The summed E-state index contributed by atoms with van der Waals surface area (Å²) in [5.41, 5.74) is 0. The summed E-state index contributed by atoms with van der Waals surface area (Å²) in [6.45, 7) is 0. The first kappa shape index (κ1) is 4.99. The predicted octanol–water partition coefficient (Wildman–Crippen LogP) is 1.41. The maximum Gasteiger partial charge on any atom is 0.0916 e. The lowest BCUT2D eigenvalue weighted by Crippen LogP contribution is -1.86. The van der Waals surface area contributed by atoms with Crippen LogP contribution in [0.2, 0.25) is 0 Å². The lowest BCUT2D eigenvalue weighted by Gasteiger charge is -1.87. The highest BCUT2D eigenvalue weighted by Crippen LogP contribution is 2.24. The normalized spacial score (nSPS) is 29.9. The first-order valence-corrected chi connectivity index (χ1v) is 3.49. The van der Waals surface area contributed by atoms with Crippen molar-refractivity contribution in [3.05, 3.63) is 0 Å². The fourth-order valence-corrected chi connectivity index (χ4v) is 1.71. The Kier molecular flexibility index (Phi) is 1.59. The van der Waals surface area contributed by atoms with Gasteiger partial charge in [0, 0.05) is 0 Å². The predicted molar refractivity (Wildman–Crippen MR) is 31.1 cm³/mol. The van der Waals surface area contributed by atoms with Crippen molar-refractivity contribution in [3.63, 3.8) is 0 Å². The molecule has 0 amide bonds. The van der Waals surface area contributed by atoms with Gasteiger partial charge >= 0.3 is 0 Å². The fraction of sp³-hybridized carbons (Fsp3) is 0.800. The number of hydrogen-bond acceptors (Lipinski definition) is 2. The van der Waals surface area contributed by atoms with Gasteiger partial charge in [-0.1, -0.05) is 0 Å². The average molecular weight is 113 g/mol. The standard InChI is InChI=1S/C5H7NS/c6-4-5-2-1-3-7-5/h5H,1-3H2. The minimum atomic E-state index is 0.319. The molecule has 1 saturated heterocycles. The molecule has 1 fully saturated rings. The second kappa shape index (κ2) is 2.23. The van der Waals surface area contributed by atoms with Crippen LogP contribution in [-0.2, 0) is 0 Å². The van der Waals surface area contributed by atoms with E-state index in [1.54, 1.807) is 11.8 Å². The summed E-state index contributed by atoms with van der Waals surface area (Å²) in [6, 6.07) is 2.23. The van der Waals surface area contributed by atoms with Crippen LogP contribution in [0.3, 0.4) is 0 Å². The monoisotopic (exact) mass is 113 g/mol. The van der Waals surface area contributed by atoms with Crippen molar-refractivity contribution in [1.82, 2.24) is 0 Å². The van der Waals surface area contributed by atoms with Gasteiger partial charge in [0.15, 0.2) is 0 Å². The van der Waals surface area contributed by atoms with Gasteiger partial charge in [0.05, 0.1) is 11.3 Å². The third kappa shape index (κ3) is 1.10. The Labute approximate surface area is 47.7 Å². The molecule has 1 rings (SSSR count). The van der Waals surface area contributed by atoms with E-state index in [2.05, 4.69) is 6.07 Å². The molecule has 0 aromatic heterocycles. The lowest BCUT2D eigenvalue weighted by atomic mass is 10.3. The second-order valence-corrected chi connectivity index (χ2v) is 2.94. The summed E-state index contributed by atoms with van der Waals surface area (Å²) in [6.07, 6.45) is 2.35. The third-order valence-electron chi connectivity index (χ3n) is 1.07. The maximum atomic E-state index is 8.30. The number of hydrogen-bond donors (Lipinski definition) is 0. The molecule has 38 valence electrons. The molecule has 0 aromatic rings. The summed E-state index contributed by atoms with van der Waals surface area (Å²) < 4.78 is 0. The zero-order valence-electron chi connectivity index (χ0n) is 4.05. The maximum absolute atomic E-state index is 8.30. The van der Waals surface area contributed by atoms with Crippen LogP contribution in [0.15, 0.2) is 0 Å². The summed E-state index contributed by atoms with van der Waals surface area (Å²) in [4.78, 5) is 0. The van der Waals surface area contributed by atoms with Gasteiger partial charge in [0.25, 0.3) is 0 Å². The molecule has 1 aliphatic rings. The van der Waals surface area contributed by atoms with Crippen molar-refractivity contribution in [1.29, 1.82) is 5.26 Å². The van der Waals surface area contributed by atoms with Gasteiger partial charge in [-0.05, 0) is 18.6 Å². The Balaban J connectivity index is 2.31. The Morgan fingerprint density at radius 2 is 2.57 bits per heavy atom. The summed E-state index contributed by atoms with van der Waals surface area (Å²) in [7, 11) is 0. The van der Waals surface area contributed by atoms with E-state index in [1.807, 2.05) is 0 Å². The minimum Gasteiger partial charge on any atom is -0.197 e. The van der Waals surface area contributed by atoms with E-state index in [-0.39, 0.29) is 0 Å². The molecule has 0 bridgehead atoms. The van der Waals surface area contributed by atoms with Crippen molar-refractivity contribution in [2.75, 3.05) is 5.75 Å². The highest BCUT2D eigenvalue weighted by atomic mass is 32.2. The lowest BCUT2D eigenvalue weighted by molar-refractivity contribution is 0.887. The van der Waals surface area contributed by atoms with Crippen LogP contribution < -0.4 is 0 Å². The molecule has 0 aliphatic carbocycles. The molecule has 2 heteroatoms. The zero-order valence-corrected chi connectivity index (χ0v) is 4.87. The molecule has 1 heterocycles. The topological polar surface area (TPSA) is 23.8 Å². The first-order chi connectivity index (χ1) is 3.43. The first-order valence-electron chi connectivity index (χ1n) is 2.44. The van der Waals surface area contributed by atoms with Crippen molar-refractivity contribution >= 4 is 11.8 Å². The number of thioether (sulfide) groups is 1. The molecule has 1 unspecified atom stereocenters. The van der Waals surface area contributed by atoms with E-state index in [1.165, 1.54) is 12.2 Å². The van der Waals surface area contributed by atoms with E-state index >= 15 is 0 Å². The van der Waals surface area contributed by atoms with E-state index in [0.717, 1.165) is 6.42 Å². The van der Waals surface area contributed by atoms with Crippen molar-refractivity contribution in [2.24, 2.45) is 0 Å². The smallest absolute Gasteiger partial charge is 0.0916 e. The van der Waals surface area contributed by atoms with Gasteiger partial charge in [0.2, 0.25) is 0 Å². The van der Waals surface area contributed by atoms with E-state index in [0.29, 0.717) is 5.25 Å². The van der Waals surface area contributed by atoms with Gasteiger partial charge in [0.1, 0.15) is 0 Å². The van der Waals surface area contributed by atoms with E-state index in [4.69, 9.17) is 5.26 Å². The highest BCUT2D eigenvalue weighted by Gasteiger charge is 2.12. The second-order valence-electron chi connectivity index (χ2n) is 1.63. The molecule has 1 aliphatic heterocycles. The van der Waals surface area contributed by atoms with Crippen LogP contribution >= 0.6 is 11.8 Å². The van der Waals surface area contributed by atoms with Crippen LogP contribution in [-0.4, -0.2) is 11.0 Å². The highest BCUT2D eigenvalue weighted by molar-refractivity contribution is 8.00. The van der Waals surface area contributed by atoms with E-state index < -0.39 is 0 Å². The molecule has 1 nitrogen and oxygen atoms in total. The van der Waals surface area contributed by atoms with Crippen LogP contribution in [0.1, 0.15) is 12.8 Å². The number of nitrogens with zero attached hydrogens (tertiary/aromatic N) is 1. The van der Waals surface area contributed by atoms with Gasteiger partial charge in [-0.2, -0.15) is 5.26 Å². The SMILES string of the molecule is N#CC1CCCS1. The molecule has 0 N–H and O–H groups in total. The Morgan fingerprint density at radius 3 is 2.86 bits per heavy atom. The number of nitriles is 1. The summed E-state index contributed by atoms with van der Waals surface area (Å²) >= 11 is 1.78. The van der Waals surface area contributed by atoms with Crippen LogP contribution in [0.25, 0.3) is 0 Å². The van der Waals surface area contributed by atoms with Crippen molar-refractivity contribution in [2.45, 2.75) is 18.1 Å². The fourth-order valence-electron chi connectivity index (χ4n) is 0.679. The van der Waals surface area contributed by atoms with Gasteiger partial charge in [-0.3, -0.25) is 0 Å². The van der Waals surface area contributed by atoms with Gasteiger partial charge in [-0.25, -0.2) is 0 Å². The van der Waals surface area contributed by atoms with Crippen molar-refractivity contribution < 1.29 is 0 Å². The third-order valence-corrected chi connectivity index (χ3v) is 2.34. The van der Waals surface area contributed by atoms with Crippen LogP contribution in [0.5, 0.6) is 0 Å². The zero-order chi connectivity index (χ0) is 5.11. The molecule has 1 atom stereocenters. The molecule has 7 heavy (non-hydrogen) atoms. The largest absolute Gasteiger partial charge is 0.197 e. The van der Waals surface area contributed by atoms with Gasteiger partial charge in [-0.15, -0.1) is 11.8 Å². The van der Waals surface area contributed by atoms with Gasteiger partial charge < -0.3 is 0 Å². The summed E-state index contributed by atoms with van der Waals surface area (Å²) in [5.74, 6) is 1.19. The molecule has 0 aromatic carbocycles. The molecule has 0 spiro atoms. The molecule has 0 saturated carbocycles. The van der Waals surface area contributed by atoms with Crippen LogP contribution in [0, 0.1) is 11.3 Å². The number of rotatable bonds is 0. The Morgan fingerprint density at radius 1 is 1.71 bits per heavy atom. The minimum absolute atomic E-state index is 0.319. The Bertz CT molecular complexity index is 88.7. The molecular weight excluding hydrogens is 106 g/mol. The van der Waals surface area contributed by atoms with E-state index in [9.17, 15) is 0 Å². The summed E-state index contributed by atoms with van der Waals surface area (Å²) in [5, 5.41) is 8.61. The quantitative estimate of drug-likeness (QED) is 0.474. The van der Waals surface area contributed by atoms with Crippen LogP contribution in [0.4, 0.5) is 0 Å². The van der Waals surface area contributed by atoms with Crippen molar-refractivity contribution in [3.8, 4) is 6.07 Å². The molecular formula is C5H7NS. The Hall–Kier alpha value is -0.160.